The van der Waals surface area contributed by atoms with Crippen LogP contribution in [0, 0.1) is 0 Å². The Labute approximate surface area is 304 Å². The summed E-state index contributed by atoms with van der Waals surface area (Å²) in [6.07, 6.45) is 0. The molecule has 0 fully saturated rings. The van der Waals surface area contributed by atoms with E-state index in [-0.39, 0.29) is 13.4 Å². The Balaban J connectivity index is 1.12. The fraction of sp³-hybridized carbons (Fsp3) is 0. The number of para-hydroxylation sites is 2. The van der Waals surface area contributed by atoms with E-state index in [0.29, 0.717) is 0 Å². The smallest absolute Gasteiger partial charge is 0.253 e. The van der Waals surface area contributed by atoms with Crippen molar-refractivity contribution in [3.8, 4) is 23.0 Å². The van der Waals surface area contributed by atoms with Crippen LogP contribution in [0.15, 0.2) is 141 Å². The number of rotatable bonds is 0. The summed E-state index contributed by atoms with van der Waals surface area (Å²) in [4.78, 5) is 5.36. The second kappa shape index (κ2) is 9.59. The normalized spacial score (nSPS) is 14.5. The third kappa shape index (κ3) is 3.41. The van der Waals surface area contributed by atoms with Gasteiger partial charge in [-0.25, -0.2) is 0 Å². The van der Waals surface area contributed by atoms with Crippen LogP contribution >= 0.6 is 46.2 Å². The van der Waals surface area contributed by atoms with Gasteiger partial charge in [0.25, 0.3) is 13.4 Å². The Kier molecular flexibility index (Phi) is 5.21. The minimum Gasteiger partial charge on any atom is -0.458 e. The van der Waals surface area contributed by atoms with Crippen LogP contribution in [0.5, 0.6) is 23.0 Å². The van der Waals surface area contributed by atoms with E-state index in [1.165, 1.54) is 92.7 Å². The molecule has 0 bridgehead atoms. The standard InChI is InChI=1S/C42H20B2O2S4/c1-7-15-31-21(9-1)37-35(47-31)18-29-39-41(37)49-33-20-34-26(17-25(33)43(39)23-11-3-5-13-27(23)45-29)44-24-12-4-6-14-28(24)46-30-19-36-38(42(50-34)40(30)44)22-10-2-8-16-32(22)48-36/h1-20H. The molecule has 13 rings (SSSR count). The van der Waals surface area contributed by atoms with Crippen LogP contribution in [-0.2, 0) is 0 Å². The maximum Gasteiger partial charge on any atom is 0.253 e. The third-order valence-electron chi connectivity index (χ3n) is 10.9. The van der Waals surface area contributed by atoms with Crippen molar-refractivity contribution in [2.24, 2.45) is 0 Å². The first-order valence-electron chi connectivity index (χ1n) is 16.8. The molecule has 2 aromatic heterocycles. The molecule has 0 spiro atoms. The van der Waals surface area contributed by atoms with Gasteiger partial charge < -0.3 is 9.47 Å². The molecule has 0 amide bonds. The van der Waals surface area contributed by atoms with E-state index in [1.807, 2.05) is 46.2 Å². The molecule has 4 aliphatic heterocycles. The van der Waals surface area contributed by atoms with Gasteiger partial charge in [-0.3, -0.25) is 0 Å². The van der Waals surface area contributed by atoms with E-state index in [4.69, 9.17) is 9.47 Å². The molecule has 0 unspecified atom stereocenters. The minimum atomic E-state index is 0.0822. The van der Waals surface area contributed by atoms with Gasteiger partial charge in [0, 0.05) is 59.9 Å². The monoisotopic (exact) mass is 706 g/mol. The van der Waals surface area contributed by atoms with Gasteiger partial charge in [-0.15, -0.1) is 22.7 Å². The largest absolute Gasteiger partial charge is 0.458 e. The van der Waals surface area contributed by atoms with Gasteiger partial charge in [0.1, 0.15) is 23.0 Å². The molecule has 9 aromatic rings. The van der Waals surface area contributed by atoms with Crippen LogP contribution in [0.2, 0.25) is 0 Å². The fourth-order valence-electron chi connectivity index (χ4n) is 8.88. The Morgan fingerprint density at radius 2 is 0.860 bits per heavy atom. The predicted octanol–water partition coefficient (Wildman–Crippen LogP) is 8.60. The molecule has 0 N–H and O–H groups in total. The van der Waals surface area contributed by atoms with Crippen molar-refractivity contribution in [2.45, 2.75) is 19.6 Å². The zero-order chi connectivity index (χ0) is 32.2. The highest BCUT2D eigenvalue weighted by atomic mass is 32.2. The highest BCUT2D eigenvalue weighted by Crippen LogP contribution is 2.50. The van der Waals surface area contributed by atoms with E-state index >= 15 is 0 Å². The molecule has 0 radical (unpaired) electrons. The van der Waals surface area contributed by atoms with Gasteiger partial charge in [0.15, 0.2) is 0 Å². The molecule has 8 heteroatoms. The van der Waals surface area contributed by atoms with Crippen molar-refractivity contribution in [3.05, 3.63) is 121 Å². The average Bonchev–Trinajstić information content (AvgIpc) is 3.72. The molecule has 0 saturated heterocycles. The van der Waals surface area contributed by atoms with Crippen LogP contribution < -0.4 is 42.3 Å². The van der Waals surface area contributed by atoms with Crippen LogP contribution in [0.4, 0.5) is 0 Å². The molecule has 0 aliphatic carbocycles. The van der Waals surface area contributed by atoms with E-state index in [1.54, 1.807) is 0 Å². The number of thiophene rings is 2. The van der Waals surface area contributed by atoms with Crippen molar-refractivity contribution < 1.29 is 9.47 Å². The zero-order valence-corrected chi connectivity index (χ0v) is 29.4. The van der Waals surface area contributed by atoms with E-state index < -0.39 is 0 Å². The van der Waals surface area contributed by atoms with Crippen molar-refractivity contribution in [1.82, 2.24) is 0 Å². The average molecular weight is 707 g/mol. The maximum absolute atomic E-state index is 6.76. The number of ether oxygens (including phenoxy) is 2. The molecule has 230 valence electrons. The highest BCUT2D eigenvalue weighted by molar-refractivity contribution is 8.01. The molecular formula is C42H20B2O2S4. The van der Waals surface area contributed by atoms with Gasteiger partial charge in [0.2, 0.25) is 0 Å². The SMILES string of the molecule is c1ccc2c(c1)Oc1cc3sc4ccccc4c3c3c1B2c1cc2c(cc1S3)Sc1c3c(cc4sc5ccccc5c14)Oc1ccccc1B23. The lowest BCUT2D eigenvalue weighted by molar-refractivity contribution is 0.487. The molecule has 4 aliphatic rings. The van der Waals surface area contributed by atoms with Gasteiger partial charge >= 0.3 is 0 Å². The maximum atomic E-state index is 6.76. The Morgan fingerprint density at radius 1 is 0.400 bits per heavy atom. The molecule has 2 nitrogen and oxygen atoms in total. The summed E-state index contributed by atoms with van der Waals surface area (Å²) >= 11 is 7.61. The highest BCUT2D eigenvalue weighted by Gasteiger charge is 2.45. The first-order chi connectivity index (χ1) is 24.8. The summed E-state index contributed by atoms with van der Waals surface area (Å²) in [6, 6.07) is 44.7. The number of benzene rings is 7. The number of hydrogen-bond donors (Lipinski definition) is 0. The molecule has 50 heavy (non-hydrogen) atoms. The zero-order valence-electron chi connectivity index (χ0n) is 26.2. The lowest BCUT2D eigenvalue weighted by Crippen LogP contribution is -2.62. The Morgan fingerprint density at radius 3 is 1.38 bits per heavy atom. The number of hydrogen-bond acceptors (Lipinski definition) is 6. The van der Waals surface area contributed by atoms with Crippen LogP contribution in [0.3, 0.4) is 0 Å². The van der Waals surface area contributed by atoms with E-state index in [9.17, 15) is 0 Å². The Bertz CT molecular complexity index is 2830. The molecule has 6 heterocycles. The quantitative estimate of drug-likeness (QED) is 0.147. The van der Waals surface area contributed by atoms with Crippen molar-refractivity contribution >= 4 is 133 Å². The summed E-state index contributed by atoms with van der Waals surface area (Å²) in [5.41, 5.74) is 7.83. The third-order valence-corrected chi connectivity index (χ3v) is 15.5. The van der Waals surface area contributed by atoms with Gasteiger partial charge in [0.05, 0.1) is 0 Å². The minimum absolute atomic E-state index is 0.0822. The van der Waals surface area contributed by atoms with Crippen molar-refractivity contribution in [1.29, 1.82) is 0 Å². The van der Waals surface area contributed by atoms with Crippen LogP contribution in [-0.4, -0.2) is 13.4 Å². The lowest BCUT2D eigenvalue weighted by atomic mass is 9.32. The second-order valence-electron chi connectivity index (χ2n) is 13.5. The van der Waals surface area contributed by atoms with Crippen molar-refractivity contribution in [2.75, 3.05) is 0 Å². The first kappa shape index (κ1) is 27.2. The Hall–Kier alpha value is -4.59. The molecule has 0 saturated carbocycles. The molecule has 7 aromatic carbocycles. The summed E-state index contributed by atoms with van der Waals surface area (Å²) in [5, 5.41) is 5.38. The topological polar surface area (TPSA) is 18.5 Å². The summed E-state index contributed by atoms with van der Waals surface area (Å²) in [5.74, 6) is 3.89. The summed E-state index contributed by atoms with van der Waals surface area (Å²) < 4.78 is 18.7. The lowest BCUT2D eigenvalue weighted by Gasteiger charge is -2.37. The van der Waals surface area contributed by atoms with Crippen molar-refractivity contribution in [3.63, 3.8) is 0 Å². The van der Waals surface area contributed by atoms with Gasteiger partial charge in [-0.2, -0.15) is 0 Å². The first-order valence-corrected chi connectivity index (χ1v) is 20.1. The van der Waals surface area contributed by atoms with Gasteiger partial charge in [-0.05, 0) is 64.3 Å². The predicted molar refractivity (Wildman–Crippen MR) is 216 cm³/mol. The van der Waals surface area contributed by atoms with Crippen LogP contribution in [0.1, 0.15) is 0 Å². The van der Waals surface area contributed by atoms with E-state index in [2.05, 4.69) is 121 Å². The number of fused-ring (bicyclic) bond motifs is 16. The van der Waals surface area contributed by atoms with Gasteiger partial charge in [-0.1, -0.05) is 113 Å². The molecule has 0 atom stereocenters. The molecular weight excluding hydrogens is 686 g/mol. The summed E-state index contributed by atoms with van der Waals surface area (Å²) in [6.45, 7) is 0.164. The van der Waals surface area contributed by atoms with E-state index in [0.717, 1.165) is 23.0 Å². The second-order valence-corrected chi connectivity index (χ2v) is 17.7. The summed E-state index contributed by atoms with van der Waals surface area (Å²) in [7, 11) is 0. The van der Waals surface area contributed by atoms with Crippen LogP contribution in [0.25, 0.3) is 40.3 Å². The fourth-order valence-corrected chi connectivity index (χ4v) is 14.1.